The molecule has 6 heteroatoms. The van der Waals surface area contributed by atoms with Gasteiger partial charge in [0.25, 0.3) is 0 Å². The van der Waals surface area contributed by atoms with Gasteiger partial charge in [-0.05, 0) is 55.8 Å². The topological polar surface area (TPSA) is 64.0 Å². The zero-order chi connectivity index (χ0) is 19.9. The number of nitrogens with zero attached hydrogens (tertiary/aromatic N) is 2. The van der Waals surface area contributed by atoms with Crippen molar-refractivity contribution in [1.29, 1.82) is 5.41 Å². The van der Waals surface area contributed by atoms with Gasteiger partial charge in [-0.2, -0.15) is 0 Å². The van der Waals surface area contributed by atoms with Crippen LogP contribution in [0.15, 0.2) is 37.0 Å². The van der Waals surface area contributed by atoms with Gasteiger partial charge in [0.2, 0.25) is 0 Å². The van der Waals surface area contributed by atoms with Crippen LogP contribution in [0.4, 0.5) is 5.82 Å². The zero-order valence-corrected chi connectivity index (χ0v) is 17.7. The molecule has 0 aliphatic carbocycles. The van der Waals surface area contributed by atoms with Crippen molar-refractivity contribution < 1.29 is 0 Å². The average molecular weight is 398 g/mol. The molecule has 1 saturated heterocycles. The molecule has 28 heavy (non-hydrogen) atoms. The molecule has 0 bridgehead atoms. The molecule has 3 N–H and O–H groups in total. The molecule has 0 spiro atoms. The quantitative estimate of drug-likeness (QED) is 0.328. The van der Waals surface area contributed by atoms with Crippen molar-refractivity contribution in [1.82, 2.24) is 15.3 Å². The van der Waals surface area contributed by atoms with Gasteiger partial charge < -0.3 is 10.7 Å². The summed E-state index contributed by atoms with van der Waals surface area (Å²) in [6.45, 7) is 11.3. The minimum atomic E-state index is 0.551. The molecule has 0 atom stereocenters. The van der Waals surface area contributed by atoms with Crippen molar-refractivity contribution in [2.24, 2.45) is 0 Å². The molecule has 0 saturated carbocycles. The van der Waals surface area contributed by atoms with Crippen molar-refractivity contribution in [2.45, 2.75) is 45.6 Å². The summed E-state index contributed by atoms with van der Waals surface area (Å²) in [5.74, 6) is 0.878. The highest BCUT2D eigenvalue weighted by atomic mass is 32.2. The summed E-state index contributed by atoms with van der Waals surface area (Å²) in [5, 5.41) is 16.4. The Morgan fingerprint density at radius 1 is 1.29 bits per heavy atom. The zero-order valence-electron chi connectivity index (χ0n) is 16.9. The number of thioether (sulfide) groups is 1. The second-order valence-corrected chi connectivity index (χ2v) is 8.70. The van der Waals surface area contributed by atoms with Gasteiger partial charge in [-0.15, -0.1) is 0 Å². The predicted octanol–water partition coefficient (Wildman–Crippen LogP) is 5.12. The largest absolute Gasteiger partial charge is 0.314 e. The lowest BCUT2D eigenvalue weighted by Crippen LogP contribution is -2.45. The molecule has 1 aromatic carbocycles. The van der Waals surface area contributed by atoms with Gasteiger partial charge in [0.1, 0.15) is 5.82 Å². The van der Waals surface area contributed by atoms with Crippen LogP contribution in [0.25, 0.3) is 15.7 Å². The molecule has 3 rings (SSSR count). The molecule has 1 aliphatic rings. The first-order valence-corrected chi connectivity index (χ1v) is 10.9. The van der Waals surface area contributed by atoms with Crippen LogP contribution >= 0.6 is 11.8 Å². The number of nitrogens with one attached hydrogen (secondary N) is 3. The number of hydrazine groups is 1. The number of hydrogen-bond acceptors (Lipinski definition) is 6. The number of benzene rings is 1. The minimum absolute atomic E-state index is 0.551. The number of unbranched alkanes of at least 4 members (excludes halogenated alkanes) is 1. The Labute approximate surface area is 172 Å². The second kappa shape index (κ2) is 10.0. The highest BCUT2D eigenvalue weighted by Gasteiger charge is 2.18. The fourth-order valence-corrected chi connectivity index (χ4v) is 4.07. The van der Waals surface area contributed by atoms with Crippen LogP contribution in [0.3, 0.4) is 0 Å². The molecule has 0 radical (unpaired) electrons. The molecule has 1 aliphatic heterocycles. The van der Waals surface area contributed by atoms with Gasteiger partial charge in [0.05, 0.1) is 5.04 Å². The van der Waals surface area contributed by atoms with Crippen molar-refractivity contribution in [3.05, 3.63) is 42.6 Å². The van der Waals surface area contributed by atoms with Crippen LogP contribution in [0.1, 0.15) is 45.1 Å². The van der Waals surface area contributed by atoms with Gasteiger partial charge >= 0.3 is 0 Å². The maximum absolute atomic E-state index is 7.65. The van der Waals surface area contributed by atoms with Crippen molar-refractivity contribution in [2.75, 3.05) is 25.1 Å². The van der Waals surface area contributed by atoms with Gasteiger partial charge in [-0.3, -0.25) is 5.41 Å². The van der Waals surface area contributed by atoms with Crippen LogP contribution in [0.2, 0.25) is 0 Å². The van der Waals surface area contributed by atoms with Gasteiger partial charge in [-0.1, -0.05) is 43.8 Å². The number of piperidine rings is 1. The third-order valence-corrected chi connectivity index (χ3v) is 5.84. The molecule has 0 amide bonds. The predicted molar refractivity (Wildman–Crippen MR) is 123 cm³/mol. The maximum atomic E-state index is 7.65. The lowest BCUT2D eigenvalue weighted by Gasteiger charge is -2.32. The monoisotopic (exact) mass is 397 g/mol. The van der Waals surface area contributed by atoms with E-state index >= 15 is 0 Å². The van der Waals surface area contributed by atoms with E-state index in [4.69, 9.17) is 5.41 Å². The van der Waals surface area contributed by atoms with E-state index < -0.39 is 0 Å². The molecule has 5 nitrogen and oxygen atoms in total. The van der Waals surface area contributed by atoms with Crippen LogP contribution < -0.4 is 10.7 Å². The molecular formula is C22H31N5S. The highest BCUT2D eigenvalue weighted by molar-refractivity contribution is 8.21. The first kappa shape index (κ1) is 20.8. The molecule has 150 valence electrons. The van der Waals surface area contributed by atoms with E-state index in [2.05, 4.69) is 52.4 Å². The Bertz CT molecular complexity index is 827. The molecule has 1 fully saturated rings. The normalized spacial score (nSPS) is 15.6. The Hall–Kier alpha value is -1.89. The third-order valence-electron chi connectivity index (χ3n) is 5.05. The van der Waals surface area contributed by atoms with E-state index in [0.717, 1.165) is 59.5 Å². The van der Waals surface area contributed by atoms with Crippen LogP contribution in [-0.2, 0) is 0 Å². The van der Waals surface area contributed by atoms with Gasteiger partial charge in [0, 0.05) is 35.6 Å². The summed E-state index contributed by atoms with van der Waals surface area (Å²) in [6, 6.07) is 8.98. The first-order valence-electron chi connectivity index (χ1n) is 10.1. The molecule has 2 heterocycles. The van der Waals surface area contributed by atoms with E-state index in [0.29, 0.717) is 11.1 Å². The Morgan fingerprint density at radius 3 is 2.79 bits per heavy atom. The van der Waals surface area contributed by atoms with E-state index in [9.17, 15) is 0 Å². The average Bonchev–Trinajstić information content (AvgIpc) is 2.68. The number of fused-ring (bicyclic) bond motifs is 1. The van der Waals surface area contributed by atoms with E-state index in [1.807, 2.05) is 12.3 Å². The van der Waals surface area contributed by atoms with Crippen LogP contribution in [0, 0.1) is 5.41 Å². The minimum Gasteiger partial charge on any atom is -0.314 e. The number of hydrogen-bond donors (Lipinski definition) is 3. The third kappa shape index (κ3) is 5.80. The first-order chi connectivity index (χ1) is 13.5. The summed E-state index contributed by atoms with van der Waals surface area (Å²) >= 11 is 1.40. The number of aromatic nitrogens is 1. The number of anilines is 1. The van der Waals surface area contributed by atoms with E-state index in [-0.39, 0.29) is 0 Å². The Kier molecular flexibility index (Phi) is 7.48. The summed E-state index contributed by atoms with van der Waals surface area (Å²) < 4.78 is 0. The van der Waals surface area contributed by atoms with Crippen LogP contribution in [-0.4, -0.2) is 40.7 Å². The van der Waals surface area contributed by atoms with E-state index in [1.165, 1.54) is 24.6 Å². The van der Waals surface area contributed by atoms with Gasteiger partial charge in [0.15, 0.2) is 0 Å². The van der Waals surface area contributed by atoms with Crippen molar-refractivity contribution in [3.63, 3.8) is 0 Å². The van der Waals surface area contributed by atoms with Crippen LogP contribution in [0.5, 0.6) is 0 Å². The second-order valence-electron chi connectivity index (χ2n) is 7.39. The SMILES string of the molecule is C=C(SC(C)=N)c1ccc2cnc(NN3CCC(NCCCC)CC3)cc2c1. The molecule has 1 aromatic heterocycles. The standard InChI is InChI=1S/C22H31N5S/c1-4-5-10-24-21-8-11-27(12-9-21)26-22-14-20-13-18(16(2)28-17(3)23)6-7-19(20)15-25-22/h6-7,13-15,21,23-24H,2,4-5,8-12H2,1,3H3,(H,25,26). The Balaban J connectivity index is 1.61. The highest BCUT2D eigenvalue weighted by Crippen LogP contribution is 2.29. The molecular weight excluding hydrogens is 366 g/mol. The number of rotatable bonds is 8. The van der Waals surface area contributed by atoms with E-state index in [1.54, 1.807) is 6.92 Å². The fourth-order valence-electron chi connectivity index (χ4n) is 3.46. The molecule has 0 unspecified atom stereocenters. The lowest BCUT2D eigenvalue weighted by molar-refractivity contribution is 0.231. The van der Waals surface area contributed by atoms with Crippen molar-refractivity contribution >= 4 is 38.3 Å². The van der Waals surface area contributed by atoms with Gasteiger partial charge in [-0.25, -0.2) is 9.99 Å². The Morgan fingerprint density at radius 2 is 2.07 bits per heavy atom. The molecule has 2 aromatic rings. The maximum Gasteiger partial charge on any atom is 0.140 e. The lowest BCUT2D eigenvalue weighted by atomic mass is 10.1. The number of pyridine rings is 1. The summed E-state index contributed by atoms with van der Waals surface area (Å²) in [5.41, 5.74) is 4.53. The van der Waals surface area contributed by atoms with Crippen molar-refractivity contribution in [3.8, 4) is 0 Å². The summed E-state index contributed by atoms with van der Waals surface area (Å²) in [4.78, 5) is 5.47. The fraction of sp³-hybridized carbons (Fsp3) is 0.455. The summed E-state index contributed by atoms with van der Waals surface area (Å²) in [7, 11) is 0. The summed E-state index contributed by atoms with van der Waals surface area (Å²) in [6.07, 6.45) is 6.74. The smallest absolute Gasteiger partial charge is 0.140 e.